The van der Waals surface area contributed by atoms with Crippen LogP contribution in [0.3, 0.4) is 0 Å². The van der Waals surface area contributed by atoms with Gasteiger partial charge in [-0.05, 0) is 11.6 Å². The van der Waals surface area contributed by atoms with Gasteiger partial charge in [0.2, 0.25) is 0 Å². The molecule has 0 bridgehead atoms. The van der Waals surface area contributed by atoms with Gasteiger partial charge in [-0.2, -0.15) is 57.1 Å². The van der Waals surface area contributed by atoms with Crippen LogP contribution >= 0.6 is 11.6 Å². The first-order valence-electron chi connectivity index (χ1n) is 9.06. The summed E-state index contributed by atoms with van der Waals surface area (Å²) in [6.45, 7) is 0. The summed E-state index contributed by atoms with van der Waals surface area (Å²) in [5, 5.41) is 10.3. The van der Waals surface area contributed by atoms with Gasteiger partial charge < -0.3 is 5.11 Å². The lowest BCUT2D eigenvalue weighted by molar-refractivity contribution is -0.441. The Hall–Kier alpha value is -2.22. The average Bonchev–Trinajstić information content (AvgIpc) is 2.72. The number of aliphatic hydroxyl groups is 1. The van der Waals surface area contributed by atoms with Gasteiger partial charge in [-0.3, -0.25) is 0 Å². The number of benzene rings is 2. The van der Waals surface area contributed by atoms with E-state index in [9.17, 15) is 62.2 Å². The number of halogens is 14. The molecule has 0 heterocycles. The van der Waals surface area contributed by atoms with E-state index in [1.165, 1.54) is 12.1 Å². The highest BCUT2D eigenvalue weighted by Crippen LogP contribution is 2.61. The molecular formula is C20H12ClF13O. The molecule has 0 aliphatic rings. The van der Waals surface area contributed by atoms with Crippen molar-refractivity contribution in [2.45, 2.75) is 47.8 Å². The van der Waals surface area contributed by atoms with Crippen molar-refractivity contribution in [3.8, 4) is 0 Å². The van der Waals surface area contributed by atoms with Gasteiger partial charge in [-0.15, -0.1) is 0 Å². The minimum atomic E-state index is -8.03. The largest absolute Gasteiger partial charge is 0.460 e. The Labute approximate surface area is 193 Å². The molecule has 15 heteroatoms. The lowest BCUT2D eigenvalue weighted by Crippen LogP contribution is -2.70. The summed E-state index contributed by atoms with van der Waals surface area (Å²) in [5.41, 5.74) is -4.93. The van der Waals surface area contributed by atoms with Crippen LogP contribution in [0.4, 0.5) is 57.1 Å². The van der Waals surface area contributed by atoms with Gasteiger partial charge in [0, 0.05) is 10.6 Å². The van der Waals surface area contributed by atoms with E-state index in [1.807, 2.05) is 0 Å². The Bertz CT molecular complexity index is 1040. The maximum atomic E-state index is 14.6. The maximum absolute atomic E-state index is 14.6. The highest BCUT2D eigenvalue weighted by molar-refractivity contribution is 6.31. The number of hydrogen-bond donors (Lipinski definition) is 1. The van der Waals surface area contributed by atoms with E-state index in [4.69, 9.17) is 11.6 Å². The predicted octanol–water partition coefficient (Wildman–Crippen LogP) is 7.70. The minimum absolute atomic E-state index is 0.585. The molecule has 0 spiro atoms. The summed E-state index contributed by atoms with van der Waals surface area (Å²) in [6.07, 6.45) is -10.4. The zero-order valence-corrected chi connectivity index (χ0v) is 17.4. The zero-order valence-electron chi connectivity index (χ0n) is 16.6. The Balaban J connectivity index is 2.69. The van der Waals surface area contributed by atoms with Crippen molar-refractivity contribution in [1.29, 1.82) is 0 Å². The van der Waals surface area contributed by atoms with Crippen molar-refractivity contribution in [2.75, 3.05) is 0 Å². The van der Waals surface area contributed by atoms with Crippen LogP contribution in [-0.2, 0) is 5.60 Å². The second-order valence-electron chi connectivity index (χ2n) is 7.38. The Morgan fingerprint density at radius 3 is 1.46 bits per heavy atom. The smallest absolute Gasteiger partial charge is 0.380 e. The highest BCUT2D eigenvalue weighted by atomic mass is 35.5. The topological polar surface area (TPSA) is 20.2 Å². The third-order valence-corrected chi connectivity index (χ3v) is 5.38. The van der Waals surface area contributed by atoms with Gasteiger partial charge in [-0.25, -0.2) is 0 Å². The standard InChI is InChI=1S/C20H12ClF13O/c21-13-9-5-4-8-12(13)14(35,11-6-2-1-3-7-11)10-15(22,23)16(24,25)17(26,27)18(28,29)19(30,31)20(32,33)34/h1-9,35H,10H2. The molecule has 1 atom stereocenters. The number of hydrogen-bond acceptors (Lipinski definition) is 1. The third-order valence-electron chi connectivity index (χ3n) is 5.05. The fraction of sp³-hybridized carbons (Fsp3) is 0.400. The molecule has 35 heavy (non-hydrogen) atoms. The SMILES string of the molecule is OC(CC(F)(F)C(F)(F)C(F)(F)C(F)(F)C(F)(F)C(F)(F)F)(c1ccccc1)c1ccccc1Cl. The summed E-state index contributed by atoms with van der Waals surface area (Å²) in [4.78, 5) is 0. The second-order valence-corrected chi connectivity index (χ2v) is 7.79. The first kappa shape index (κ1) is 29.0. The van der Waals surface area contributed by atoms with Crippen LogP contribution in [0.25, 0.3) is 0 Å². The summed E-state index contributed by atoms with van der Waals surface area (Å²) >= 11 is 5.79. The van der Waals surface area contributed by atoms with E-state index in [1.54, 1.807) is 0 Å². The van der Waals surface area contributed by atoms with Gasteiger partial charge in [0.25, 0.3) is 0 Å². The fourth-order valence-electron chi connectivity index (χ4n) is 3.10. The van der Waals surface area contributed by atoms with Gasteiger partial charge in [0.05, 0.1) is 6.42 Å². The van der Waals surface area contributed by atoms with E-state index in [0.29, 0.717) is 0 Å². The monoisotopic (exact) mass is 550 g/mol. The van der Waals surface area contributed by atoms with Crippen LogP contribution in [-0.4, -0.2) is 40.9 Å². The molecule has 2 rings (SSSR count). The summed E-state index contributed by atoms with van der Waals surface area (Å²) < 4.78 is 175. The Morgan fingerprint density at radius 1 is 0.571 bits per heavy atom. The molecule has 0 radical (unpaired) electrons. The van der Waals surface area contributed by atoms with Crippen LogP contribution in [0.5, 0.6) is 0 Å². The van der Waals surface area contributed by atoms with E-state index in [2.05, 4.69) is 0 Å². The molecule has 1 N–H and O–H groups in total. The van der Waals surface area contributed by atoms with Crippen LogP contribution < -0.4 is 0 Å². The molecule has 0 aliphatic carbocycles. The van der Waals surface area contributed by atoms with Crippen LogP contribution in [0, 0.1) is 0 Å². The first-order chi connectivity index (χ1) is 15.6. The lowest BCUT2D eigenvalue weighted by atomic mass is 9.79. The van der Waals surface area contributed by atoms with Crippen molar-refractivity contribution in [3.63, 3.8) is 0 Å². The van der Waals surface area contributed by atoms with Gasteiger partial charge in [0.1, 0.15) is 5.60 Å². The van der Waals surface area contributed by atoms with E-state index >= 15 is 0 Å². The third kappa shape index (κ3) is 4.43. The Kier molecular flexibility index (Phi) is 7.22. The molecule has 2 aromatic carbocycles. The van der Waals surface area contributed by atoms with Crippen molar-refractivity contribution >= 4 is 11.6 Å². The van der Waals surface area contributed by atoms with E-state index in [-0.39, 0.29) is 0 Å². The maximum Gasteiger partial charge on any atom is 0.460 e. The van der Waals surface area contributed by atoms with Gasteiger partial charge in [0.15, 0.2) is 0 Å². The summed E-state index contributed by atoms with van der Waals surface area (Å²) in [5.74, 6) is -37.9. The molecule has 0 aliphatic heterocycles. The molecule has 1 nitrogen and oxygen atoms in total. The molecular weight excluding hydrogens is 539 g/mol. The lowest BCUT2D eigenvalue weighted by Gasteiger charge is -2.42. The van der Waals surface area contributed by atoms with Crippen molar-refractivity contribution in [2.24, 2.45) is 0 Å². The van der Waals surface area contributed by atoms with Gasteiger partial charge in [-0.1, -0.05) is 60.1 Å². The van der Waals surface area contributed by atoms with Crippen molar-refractivity contribution in [1.82, 2.24) is 0 Å². The van der Waals surface area contributed by atoms with E-state index in [0.717, 1.165) is 42.5 Å². The quantitative estimate of drug-likeness (QED) is 0.334. The van der Waals surface area contributed by atoms with Crippen LogP contribution in [0.2, 0.25) is 5.02 Å². The fourth-order valence-corrected chi connectivity index (χ4v) is 3.39. The van der Waals surface area contributed by atoms with Gasteiger partial charge >= 0.3 is 35.8 Å². The minimum Gasteiger partial charge on any atom is -0.380 e. The Morgan fingerprint density at radius 2 is 1.00 bits per heavy atom. The molecule has 0 saturated carbocycles. The summed E-state index contributed by atoms with van der Waals surface area (Å²) in [6, 6.07) is 9.01. The van der Waals surface area contributed by atoms with Crippen LogP contribution in [0.15, 0.2) is 54.6 Å². The van der Waals surface area contributed by atoms with Crippen LogP contribution in [0.1, 0.15) is 17.5 Å². The molecule has 196 valence electrons. The normalized spacial score (nSPS) is 16.2. The second kappa shape index (κ2) is 8.71. The van der Waals surface area contributed by atoms with Crippen molar-refractivity contribution < 1.29 is 62.2 Å². The van der Waals surface area contributed by atoms with E-state index < -0.39 is 64.0 Å². The molecule has 1 unspecified atom stereocenters. The number of rotatable bonds is 8. The highest BCUT2D eigenvalue weighted by Gasteiger charge is 2.90. The molecule has 0 aromatic heterocycles. The predicted molar refractivity (Wildman–Crippen MR) is 96.3 cm³/mol. The summed E-state index contributed by atoms with van der Waals surface area (Å²) in [7, 11) is 0. The molecule has 0 saturated heterocycles. The average molecular weight is 551 g/mol. The zero-order chi connectivity index (χ0) is 27.3. The number of alkyl halides is 13. The first-order valence-corrected chi connectivity index (χ1v) is 9.44. The van der Waals surface area contributed by atoms with Crippen molar-refractivity contribution in [3.05, 3.63) is 70.7 Å². The molecule has 2 aromatic rings. The molecule has 0 amide bonds. The molecule has 0 fully saturated rings.